The Kier molecular flexibility index (Phi) is 6.61. The molecule has 0 atom stereocenters. The summed E-state index contributed by atoms with van der Waals surface area (Å²) in [5.74, 6) is -0.457. The van der Waals surface area contributed by atoms with Gasteiger partial charge in [0.1, 0.15) is 22.8 Å². The van der Waals surface area contributed by atoms with Crippen LogP contribution in [0.5, 0.6) is 0 Å². The number of aromatic nitrogens is 4. The van der Waals surface area contributed by atoms with Crippen LogP contribution in [0, 0.1) is 5.82 Å². The molecule has 0 unspecified atom stereocenters. The van der Waals surface area contributed by atoms with Gasteiger partial charge in [0.15, 0.2) is 0 Å². The molecule has 1 aliphatic heterocycles. The Balaban J connectivity index is 1.16. The maximum Gasteiger partial charge on any atom is 0.271 e. The van der Waals surface area contributed by atoms with Crippen LogP contribution < -0.4 is 16.0 Å². The first-order valence-electron chi connectivity index (χ1n) is 12.8. The maximum atomic E-state index is 14.2. The quantitative estimate of drug-likeness (QED) is 0.350. The van der Waals surface area contributed by atoms with Crippen LogP contribution in [0.4, 0.5) is 16.2 Å². The molecule has 11 heteroatoms. The van der Waals surface area contributed by atoms with E-state index < -0.39 is 11.7 Å². The van der Waals surface area contributed by atoms with Crippen molar-refractivity contribution in [2.24, 2.45) is 0 Å². The van der Waals surface area contributed by atoms with Crippen LogP contribution in [-0.2, 0) is 6.54 Å². The summed E-state index contributed by atoms with van der Waals surface area (Å²) in [6.45, 7) is 2.73. The number of para-hydroxylation sites is 2. The standard InChI is InChI=1S/C29H25FN8O2/c30-22-8-4-7-21-25(22)35-29(31)36-26(21)27(39)34-16-19-6-3-5-18-15-20(17-33-24(18)19)28(40)38-13-11-37(12-14-38)23-9-1-2-10-32-23/h1-10,15,17H,11-14,16H2,(H,34,39)(H2,31,35,36). The van der Waals surface area contributed by atoms with E-state index in [0.717, 1.165) is 16.8 Å². The highest BCUT2D eigenvalue weighted by atomic mass is 19.1. The summed E-state index contributed by atoms with van der Waals surface area (Å²) < 4.78 is 14.2. The third-order valence-electron chi connectivity index (χ3n) is 6.93. The van der Waals surface area contributed by atoms with Gasteiger partial charge in [-0.2, -0.15) is 0 Å². The Labute approximate surface area is 228 Å². The summed E-state index contributed by atoms with van der Waals surface area (Å²) >= 11 is 0. The minimum atomic E-state index is -0.584. The number of benzene rings is 2. The highest BCUT2D eigenvalue weighted by molar-refractivity contribution is 6.05. The molecule has 0 spiro atoms. The van der Waals surface area contributed by atoms with Gasteiger partial charge in [0.2, 0.25) is 5.95 Å². The number of fused-ring (bicyclic) bond motifs is 2. The van der Waals surface area contributed by atoms with Crippen LogP contribution in [0.25, 0.3) is 21.8 Å². The number of carbonyl (C=O) groups is 2. The molecule has 2 amide bonds. The molecule has 1 aliphatic rings. The highest BCUT2D eigenvalue weighted by Gasteiger charge is 2.23. The second-order valence-corrected chi connectivity index (χ2v) is 9.43. The van der Waals surface area contributed by atoms with Gasteiger partial charge in [-0.3, -0.25) is 14.6 Å². The van der Waals surface area contributed by atoms with E-state index in [1.165, 1.54) is 12.1 Å². The number of nitrogens with zero attached hydrogens (tertiary/aromatic N) is 6. The summed E-state index contributed by atoms with van der Waals surface area (Å²) in [4.78, 5) is 47.2. The Hall–Kier alpha value is -5.19. The normalized spacial score (nSPS) is 13.5. The Bertz CT molecular complexity index is 1740. The zero-order chi connectivity index (χ0) is 27.6. The van der Waals surface area contributed by atoms with E-state index in [9.17, 15) is 14.0 Å². The fraction of sp³-hybridized carbons (Fsp3) is 0.172. The van der Waals surface area contributed by atoms with Crippen molar-refractivity contribution in [3.8, 4) is 0 Å². The van der Waals surface area contributed by atoms with Crippen LogP contribution in [0.2, 0.25) is 0 Å². The summed E-state index contributed by atoms with van der Waals surface area (Å²) in [6.07, 6.45) is 3.34. The average molecular weight is 537 g/mol. The van der Waals surface area contributed by atoms with Crippen molar-refractivity contribution >= 4 is 45.4 Å². The van der Waals surface area contributed by atoms with Crippen molar-refractivity contribution in [1.82, 2.24) is 30.2 Å². The molecule has 40 heavy (non-hydrogen) atoms. The Morgan fingerprint density at radius 1 is 0.925 bits per heavy atom. The van der Waals surface area contributed by atoms with Gasteiger partial charge in [-0.1, -0.05) is 36.4 Å². The number of nitrogens with one attached hydrogen (secondary N) is 1. The summed E-state index contributed by atoms with van der Waals surface area (Å²) in [5.41, 5.74) is 7.63. The van der Waals surface area contributed by atoms with Gasteiger partial charge in [-0.05, 0) is 29.8 Å². The fourth-order valence-electron chi connectivity index (χ4n) is 4.91. The first-order valence-corrected chi connectivity index (χ1v) is 12.8. The van der Waals surface area contributed by atoms with Crippen LogP contribution >= 0.6 is 0 Å². The second kappa shape index (κ2) is 10.5. The van der Waals surface area contributed by atoms with E-state index in [0.29, 0.717) is 37.3 Å². The van der Waals surface area contributed by atoms with Gasteiger partial charge < -0.3 is 20.9 Å². The predicted molar refractivity (Wildman–Crippen MR) is 149 cm³/mol. The number of carbonyl (C=O) groups excluding carboxylic acids is 2. The van der Waals surface area contributed by atoms with Gasteiger partial charge in [-0.25, -0.2) is 19.3 Å². The molecule has 6 rings (SSSR count). The van der Waals surface area contributed by atoms with Crippen LogP contribution in [0.3, 0.4) is 0 Å². The zero-order valence-corrected chi connectivity index (χ0v) is 21.4. The SMILES string of the molecule is Nc1nc(C(=O)NCc2cccc3cc(C(=O)N4CCN(c5ccccn5)CC4)cnc23)c2cccc(F)c2n1. The first kappa shape index (κ1) is 25.1. The molecule has 5 aromatic rings. The number of nitrogens with two attached hydrogens (primary N) is 1. The van der Waals surface area contributed by atoms with Gasteiger partial charge >= 0.3 is 0 Å². The van der Waals surface area contributed by atoms with Crippen molar-refractivity contribution in [2.75, 3.05) is 36.8 Å². The van der Waals surface area contributed by atoms with Gasteiger partial charge in [0.05, 0.1) is 11.1 Å². The molecule has 0 bridgehead atoms. The molecule has 200 valence electrons. The molecule has 0 aliphatic carbocycles. The summed E-state index contributed by atoms with van der Waals surface area (Å²) in [7, 11) is 0. The third-order valence-corrected chi connectivity index (χ3v) is 6.93. The van der Waals surface area contributed by atoms with E-state index in [1.54, 1.807) is 18.5 Å². The lowest BCUT2D eigenvalue weighted by Gasteiger charge is -2.35. The molecule has 1 fully saturated rings. The summed E-state index contributed by atoms with van der Waals surface area (Å²) in [5, 5.41) is 3.87. The van der Waals surface area contributed by atoms with Crippen LogP contribution in [0.1, 0.15) is 26.4 Å². The first-order chi connectivity index (χ1) is 19.5. The lowest BCUT2D eigenvalue weighted by Crippen LogP contribution is -2.49. The van der Waals surface area contributed by atoms with E-state index in [2.05, 4.69) is 30.2 Å². The number of anilines is 2. The fourth-order valence-corrected chi connectivity index (χ4v) is 4.91. The van der Waals surface area contributed by atoms with E-state index in [4.69, 9.17) is 5.73 Å². The number of pyridine rings is 2. The topological polar surface area (TPSA) is 130 Å². The second-order valence-electron chi connectivity index (χ2n) is 9.43. The van der Waals surface area contributed by atoms with Crippen molar-refractivity contribution in [1.29, 1.82) is 0 Å². The molecule has 3 aromatic heterocycles. The zero-order valence-electron chi connectivity index (χ0n) is 21.4. The minimum Gasteiger partial charge on any atom is -0.368 e. The predicted octanol–water partition coefficient (Wildman–Crippen LogP) is 3.19. The van der Waals surface area contributed by atoms with Gasteiger partial charge in [-0.15, -0.1) is 0 Å². The Morgan fingerprint density at radius 2 is 1.75 bits per heavy atom. The van der Waals surface area contributed by atoms with Crippen molar-refractivity contribution in [3.05, 3.63) is 95.7 Å². The Morgan fingerprint density at radius 3 is 2.55 bits per heavy atom. The molecule has 4 heterocycles. The molecule has 2 aromatic carbocycles. The van der Waals surface area contributed by atoms with Crippen LogP contribution in [-0.4, -0.2) is 62.8 Å². The lowest BCUT2D eigenvalue weighted by molar-refractivity contribution is 0.0746. The van der Waals surface area contributed by atoms with Crippen molar-refractivity contribution in [3.63, 3.8) is 0 Å². The lowest BCUT2D eigenvalue weighted by atomic mass is 10.1. The molecular weight excluding hydrogens is 511 g/mol. The maximum absolute atomic E-state index is 14.2. The van der Waals surface area contributed by atoms with Crippen molar-refractivity contribution < 1.29 is 14.0 Å². The molecule has 1 saturated heterocycles. The van der Waals surface area contributed by atoms with Gasteiger partial charge in [0, 0.05) is 55.9 Å². The number of nitrogen functional groups attached to an aromatic ring is 1. The molecule has 3 N–H and O–H groups in total. The number of hydrogen-bond donors (Lipinski definition) is 2. The van der Waals surface area contributed by atoms with E-state index >= 15 is 0 Å². The van der Waals surface area contributed by atoms with Crippen LogP contribution in [0.15, 0.2) is 73.1 Å². The number of piperazine rings is 1. The molecule has 0 radical (unpaired) electrons. The van der Waals surface area contributed by atoms with E-state index in [1.807, 2.05) is 47.4 Å². The highest BCUT2D eigenvalue weighted by Crippen LogP contribution is 2.22. The number of rotatable bonds is 5. The van der Waals surface area contributed by atoms with Crippen molar-refractivity contribution in [2.45, 2.75) is 6.54 Å². The molecule has 10 nitrogen and oxygen atoms in total. The van der Waals surface area contributed by atoms with E-state index in [-0.39, 0.29) is 35.0 Å². The smallest absolute Gasteiger partial charge is 0.271 e. The monoisotopic (exact) mass is 536 g/mol. The average Bonchev–Trinajstić information content (AvgIpc) is 3.00. The number of hydrogen-bond acceptors (Lipinski definition) is 8. The summed E-state index contributed by atoms with van der Waals surface area (Å²) in [6, 6.07) is 17.5. The number of amides is 2. The molecule has 0 saturated carbocycles. The van der Waals surface area contributed by atoms with Gasteiger partial charge in [0.25, 0.3) is 11.8 Å². The largest absolute Gasteiger partial charge is 0.368 e. The minimum absolute atomic E-state index is 0.00813. The molecular formula is C29H25FN8O2. The number of halogens is 1. The third kappa shape index (κ3) is 4.84.